The molecule has 4 heteroatoms. The first-order chi connectivity index (χ1) is 4.68. The van der Waals surface area contributed by atoms with Gasteiger partial charge in [0.25, 0.3) is 0 Å². The first-order valence-electron chi connectivity index (χ1n) is 2.89. The highest BCUT2D eigenvalue weighted by atomic mass is 16.5. The van der Waals surface area contributed by atoms with Crippen molar-refractivity contribution in [1.82, 2.24) is 0 Å². The lowest BCUT2D eigenvalue weighted by molar-refractivity contribution is -0.119. The Morgan fingerprint density at radius 2 is 1.90 bits per heavy atom. The number of ether oxygens (including phenoxy) is 1. The van der Waals surface area contributed by atoms with Gasteiger partial charge in [-0.25, -0.2) is 0 Å². The molecule has 0 aliphatic carbocycles. The highest BCUT2D eigenvalue weighted by molar-refractivity contribution is 5.76. The number of carbonyl (C=O) groups excluding carboxylic acids is 1. The molecule has 0 heterocycles. The van der Waals surface area contributed by atoms with E-state index in [1.54, 1.807) is 7.11 Å². The van der Waals surface area contributed by atoms with Crippen molar-refractivity contribution in [2.24, 2.45) is 0 Å². The van der Waals surface area contributed by atoms with Gasteiger partial charge in [-0.15, -0.1) is 0 Å². The van der Waals surface area contributed by atoms with Gasteiger partial charge >= 0.3 is 0 Å². The van der Waals surface area contributed by atoms with Crippen LogP contribution in [0.3, 0.4) is 0 Å². The number of aliphatic hydroxyl groups excluding tert-OH is 2. The van der Waals surface area contributed by atoms with E-state index < -0.39 is 0 Å². The molecule has 62 valence electrons. The maximum Gasteiger partial charge on any atom is 0.155 e. The Balaban J connectivity index is 0. The predicted molar refractivity (Wildman–Crippen MR) is 36.7 cm³/mol. The molecule has 0 aliphatic rings. The first-order valence-corrected chi connectivity index (χ1v) is 2.89. The number of hydrogen-bond donors (Lipinski definition) is 2. The topological polar surface area (TPSA) is 66.8 Å². The summed E-state index contributed by atoms with van der Waals surface area (Å²) in [5.41, 5.74) is 0. The zero-order chi connectivity index (χ0) is 8.41. The van der Waals surface area contributed by atoms with Crippen LogP contribution in [0.15, 0.2) is 0 Å². The van der Waals surface area contributed by atoms with Crippen LogP contribution in [0.25, 0.3) is 0 Å². The van der Waals surface area contributed by atoms with Crippen LogP contribution in [0.4, 0.5) is 0 Å². The van der Waals surface area contributed by atoms with Crippen LogP contribution >= 0.6 is 0 Å². The number of methoxy groups -OCH3 is 1. The van der Waals surface area contributed by atoms with Gasteiger partial charge in [-0.05, 0) is 6.92 Å². The molecule has 0 rings (SSSR count). The van der Waals surface area contributed by atoms with Crippen LogP contribution in [-0.4, -0.2) is 42.9 Å². The summed E-state index contributed by atoms with van der Waals surface area (Å²) in [5, 5.41) is 15.7. The van der Waals surface area contributed by atoms with E-state index in [2.05, 4.69) is 4.74 Å². The molecule has 0 amide bonds. The minimum Gasteiger partial charge on any atom is -0.394 e. The molecule has 0 atom stereocenters. The van der Waals surface area contributed by atoms with Crippen LogP contribution < -0.4 is 0 Å². The molecule has 0 aromatic carbocycles. The molecule has 0 radical (unpaired) electrons. The highest BCUT2D eigenvalue weighted by Crippen LogP contribution is 1.56. The van der Waals surface area contributed by atoms with E-state index in [-0.39, 0.29) is 19.0 Å². The van der Waals surface area contributed by atoms with Gasteiger partial charge in [0.15, 0.2) is 5.78 Å². The quantitative estimate of drug-likeness (QED) is 0.552. The van der Waals surface area contributed by atoms with Crippen molar-refractivity contribution in [1.29, 1.82) is 0 Å². The Hall–Kier alpha value is -0.450. The smallest absolute Gasteiger partial charge is 0.155 e. The van der Waals surface area contributed by atoms with Gasteiger partial charge in [0.2, 0.25) is 0 Å². The zero-order valence-electron chi connectivity index (χ0n) is 6.33. The summed E-state index contributed by atoms with van der Waals surface area (Å²) >= 11 is 0. The van der Waals surface area contributed by atoms with Gasteiger partial charge in [0, 0.05) is 7.11 Å². The van der Waals surface area contributed by atoms with Gasteiger partial charge in [-0.1, -0.05) is 0 Å². The van der Waals surface area contributed by atoms with Crippen molar-refractivity contribution < 1.29 is 19.7 Å². The second-order valence-electron chi connectivity index (χ2n) is 1.58. The maximum absolute atomic E-state index is 9.56. The van der Waals surface area contributed by atoms with Crippen molar-refractivity contribution in [2.75, 3.05) is 26.9 Å². The lowest BCUT2D eigenvalue weighted by atomic mass is 10.5. The third-order valence-corrected chi connectivity index (χ3v) is 0.518. The fourth-order valence-electron chi connectivity index (χ4n) is 0.0913. The largest absolute Gasteiger partial charge is 0.394 e. The highest BCUT2D eigenvalue weighted by Gasteiger charge is 1.78. The summed E-state index contributed by atoms with van der Waals surface area (Å²) < 4.78 is 4.44. The monoisotopic (exact) mass is 150 g/mol. The number of aliphatic hydroxyl groups is 2. The molecule has 0 saturated carbocycles. The molecule has 0 aromatic rings. The molecular weight excluding hydrogens is 136 g/mol. The average molecular weight is 150 g/mol. The number of ketones is 1. The molecule has 0 aromatic heterocycles. The van der Waals surface area contributed by atoms with Crippen LogP contribution in [0.5, 0.6) is 0 Å². The lowest BCUT2D eigenvalue weighted by Gasteiger charge is -1.84. The maximum atomic E-state index is 9.56. The van der Waals surface area contributed by atoms with Crippen molar-refractivity contribution >= 4 is 5.78 Å². The van der Waals surface area contributed by atoms with Gasteiger partial charge in [-0.2, -0.15) is 0 Å². The summed E-state index contributed by atoms with van der Waals surface area (Å²) in [6.07, 6.45) is 0. The predicted octanol–water partition coefficient (Wildman–Crippen LogP) is -0.807. The van der Waals surface area contributed by atoms with Gasteiger partial charge in [0.05, 0.1) is 13.2 Å². The molecule has 2 N–H and O–H groups in total. The summed E-state index contributed by atoms with van der Waals surface area (Å²) in [4.78, 5) is 9.56. The van der Waals surface area contributed by atoms with E-state index in [1.807, 2.05) is 0 Å². The Morgan fingerprint density at radius 3 is 1.90 bits per heavy atom. The summed E-state index contributed by atoms with van der Waals surface area (Å²) in [6.45, 7) is 1.57. The molecule has 0 aliphatic heterocycles. The average Bonchev–Trinajstić information content (AvgIpc) is 1.91. The molecule has 10 heavy (non-hydrogen) atoms. The lowest BCUT2D eigenvalue weighted by Crippen LogP contribution is -1.93. The SMILES string of the molecule is CC(=O)CO.COCCO. The van der Waals surface area contributed by atoms with Crippen LogP contribution in [0.2, 0.25) is 0 Å². The molecule has 0 bridgehead atoms. The van der Waals surface area contributed by atoms with Crippen molar-refractivity contribution in [3.05, 3.63) is 0 Å². The summed E-state index contributed by atoms with van der Waals surface area (Å²) in [5.74, 6) is -0.190. The fourth-order valence-corrected chi connectivity index (χ4v) is 0.0913. The summed E-state index contributed by atoms with van der Waals surface area (Å²) in [6, 6.07) is 0. The molecule has 0 saturated heterocycles. The summed E-state index contributed by atoms with van der Waals surface area (Å²) in [7, 11) is 1.55. The van der Waals surface area contributed by atoms with Crippen LogP contribution in [-0.2, 0) is 9.53 Å². The number of Topliss-reactive ketones (excluding diaryl/α,β-unsaturated/α-hetero) is 1. The number of hydrogen-bond acceptors (Lipinski definition) is 4. The molecule has 4 nitrogen and oxygen atoms in total. The Labute approximate surface area is 60.4 Å². The number of rotatable bonds is 3. The minimum atomic E-state index is -0.333. The van der Waals surface area contributed by atoms with Gasteiger partial charge in [0.1, 0.15) is 6.61 Å². The minimum absolute atomic E-state index is 0.122. The van der Waals surface area contributed by atoms with E-state index >= 15 is 0 Å². The Morgan fingerprint density at radius 1 is 1.50 bits per heavy atom. The second kappa shape index (κ2) is 11.4. The van der Waals surface area contributed by atoms with Crippen LogP contribution in [0, 0.1) is 0 Å². The van der Waals surface area contributed by atoms with E-state index in [1.165, 1.54) is 6.92 Å². The van der Waals surface area contributed by atoms with Crippen molar-refractivity contribution in [2.45, 2.75) is 6.92 Å². The molecule has 0 spiro atoms. The van der Waals surface area contributed by atoms with E-state index in [9.17, 15) is 4.79 Å². The normalized spacial score (nSPS) is 8.00. The Kier molecular flexibility index (Phi) is 13.9. The second-order valence-corrected chi connectivity index (χ2v) is 1.58. The van der Waals surface area contributed by atoms with E-state index in [0.717, 1.165) is 0 Å². The van der Waals surface area contributed by atoms with E-state index in [0.29, 0.717) is 6.61 Å². The zero-order valence-corrected chi connectivity index (χ0v) is 6.33. The Bertz CT molecular complexity index is 70.1. The van der Waals surface area contributed by atoms with Crippen molar-refractivity contribution in [3.8, 4) is 0 Å². The molecule has 0 unspecified atom stereocenters. The van der Waals surface area contributed by atoms with Crippen molar-refractivity contribution in [3.63, 3.8) is 0 Å². The first kappa shape index (κ1) is 12.2. The fraction of sp³-hybridized carbons (Fsp3) is 0.833. The van der Waals surface area contributed by atoms with Gasteiger partial charge < -0.3 is 14.9 Å². The van der Waals surface area contributed by atoms with Gasteiger partial charge in [-0.3, -0.25) is 4.79 Å². The van der Waals surface area contributed by atoms with E-state index in [4.69, 9.17) is 10.2 Å². The number of carbonyl (C=O) groups is 1. The third-order valence-electron chi connectivity index (χ3n) is 0.518. The third kappa shape index (κ3) is 25.7. The molecular formula is C6H14O4. The molecule has 0 fully saturated rings. The van der Waals surface area contributed by atoms with Crippen LogP contribution in [0.1, 0.15) is 6.92 Å². The standard InChI is InChI=1S/C3H8O2.C3H6O2/c1-5-3-2-4;1-3(5)2-4/h4H,2-3H2,1H3;4H,2H2,1H3.